The fraction of sp³-hybridized carbons (Fsp3) is 0.692. The smallest absolute Gasteiger partial charge is 0.333 e. The molecule has 5 nitrogen and oxygen atoms in total. The third-order valence-electron chi connectivity index (χ3n) is 3.49. The molecule has 0 bridgehead atoms. The van der Waals surface area contributed by atoms with Crippen molar-refractivity contribution in [3.8, 4) is 0 Å². The maximum absolute atomic E-state index is 12.5. The van der Waals surface area contributed by atoms with E-state index in [0.717, 1.165) is 37.6 Å². The molecule has 1 N–H and O–H groups in total. The van der Waals surface area contributed by atoms with E-state index in [0.29, 0.717) is 6.61 Å². The van der Waals surface area contributed by atoms with Crippen LogP contribution in [-0.2, 0) is 15.1 Å². The van der Waals surface area contributed by atoms with E-state index in [2.05, 4.69) is 15.2 Å². The lowest BCUT2D eigenvalue weighted by Gasteiger charge is -2.36. The fourth-order valence-corrected chi connectivity index (χ4v) is 3.19. The molecule has 6 heteroatoms. The van der Waals surface area contributed by atoms with Crippen molar-refractivity contribution in [1.82, 2.24) is 15.2 Å². The number of nitrogens with zero attached hydrogens (tertiary/aromatic N) is 2. The predicted octanol–water partition coefficient (Wildman–Crippen LogP) is 1.22. The number of carbonyl (C=O) groups excluding carboxylic acids is 1. The van der Waals surface area contributed by atoms with Crippen molar-refractivity contribution in [2.75, 3.05) is 32.8 Å². The van der Waals surface area contributed by atoms with E-state index >= 15 is 0 Å². The molecule has 1 unspecified atom stereocenters. The minimum Gasteiger partial charge on any atom is -0.464 e. The van der Waals surface area contributed by atoms with Crippen LogP contribution in [0, 0.1) is 0 Å². The molecule has 1 aliphatic rings. The summed E-state index contributed by atoms with van der Waals surface area (Å²) in [5.74, 6) is -0.202. The third kappa shape index (κ3) is 2.96. The summed E-state index contributed by atoms with van der Waals surface area (Å²) in [7, 11) is 0. The van der Waals surface area contributed by atoms with Gasteiger partial charge in [-0.1, -0.05) is 0 Å². The molecule has 1 fully saturated rings. The van der Waals surface area contributed by atoms with Gasteiger partial charge >= 0.3 is 5.97 Å². The first-order valence-electron chi connectivity index (χ1n) is 6.72. The Bertz CT molecular complexity index is 402. The molecule has 1 aromatic rings. The lowest BCUT2D eigenvalue weighted by Crippen LogP contribution is -2.51. The summed E-state index contributed by atoms with van der Waals surface area (Å²) in [4.78, 5) is 19.0. The molecule has 106 valence electrons. The maximum Gasteiger partial charge on any atom is 0.333 e. The lowest BCUT2D eigenvalue weighted by molar-refractivity contribution is -0.157. The Hall–Kier alpha value is -0.980. The maximum atomic E-state index is 12.5. The zero-order valence-electron chi connectivity index (χ0n) is 11.5. The second-order valence-corrected chi connectivity index (χ2v) is 5.62. The van der Waals surface area contributed by atoms with Crippen molar-refractivity contribution in [2.24, 2.45) is 0 Å². The molecule has 2 heterocycles. The number of thiazole rings is 1. The topological polar surface area (TPSA) is 54.5 Å². The molecule has 0 amide bonds. The normalized spacial score (nSPS) is 20.5. The van der Waals surface area contributed by atoms with Crippen molar-refractivity contribution in [1.29, 1.82) is 0 Å². The molecule has 1 saturated heterocycles. The van der Waals surface area contributed by atoms with Crippen molar-refractivity contribution < 1.29 is 9.53 Å². The largest absolute Gasteiger partial charge is 0.464 e. The van der Waals surface area contributed by atoms with Gasteiger partial charge in [0.2, 0.25) is 0 Å². The van der Waals surface area contributed by atoms with Crippen LogP contribution in [0.1, 0.15) is 25.3 Å². The fourth-order valence-electron chi connectivity index (χ4n) is 2.38. The van der Waals surface area contributed by atoms with Gasteiger partial charge in [-0.2, -0.15) is 0 Å². The minimum absolute atomic E-state index is 0.202. The van der Waals surface area contributed by atoms with Crippen LogP contribution >= 0.6 is 11.3 Å². The number of nitrogens with one attached hydrogen (secondary N) is 1. The SMILES string of the molecule is CCOC(=O)C(C)(c1nccs1)N1CCCNCC1. The van der Waals surface area contributed by atoms with Gasteiger partial charge in [-0.05, 0) is 26.8 Å². The van der Waals surface area contributed by atoms with Gasteiger partial charge in [0.05, 0.1) is 6.61 Å². The molecule has 1 atom stereocenters. The van der Waals surface area contributed by atoms with Crippen LogP contribution in [0.3, 0.4) is 0 Å². The number of hydrogen-bond acceptors (Lipinski definition) is 6. The molecule has 0 saturated carbocycles. The molecular formula is C13H21N3O2S. The minimum atomic E-state index is -0.768. The van der Waals surface area contributed by atoms with E-state index in [1.54, 1.807) is 6.20 Å². The molecule has 0 aromatic carbocycles. The zero-order chi connectivity index (χ0) is 13.7. The summed E-state index contributed by atoms with van der Waals surface area (Å²) in [5.41, 5.74) is -0.768. The quantitative estimate of drug-likeness (QED) is 0.842. The van der Waals surface area contributed by atoms with Gasteiger partial charge < -0.3 is 10.1 Å². The highest BCUT2D eigenvalue weighted by atomic mass is 32.1. The molecule has 0 spiro atoms. The Labute approximate surface area is 118 Å². The molecule has 1 aromatic heterocycles. The predicted molar refractivity (Wildman–Crippen MR) is 75.2 cm³/mol. The highest BCUT2D eigenvalue weighted by Crippen LogP contribution is 2.31. The van der Waals surface area contributed by atoms with E-state index in [-0.39, 0.29) is 5.97 Å². The van der Waals surface area contributed by atoms with Crippen LogP contribution in [-0.4, -0.2) is 48.6 Å². The van der Waals surface area contributed by atoms with Crippen LogP contribution < -0.4 is 5.32 Å². The van der Waals surface area contributed by atoms with Crippen LogP contribution in [0.2, 0.25) is 0 Å². The summed E-state index contributed by atoms with van der Waals surface area (Å²) >= 11 is 1.51. The second-order valence-electron chi connectivity index (χ2n) is 4.72. The Morgan fingerprint density at radius 1 is 1.58 bits per heavy atom. The van der Waals surface area contributed by atoms with Crippen molar-refractivity contribution >= 4 is 17.3 Å². The van der Waals surface area contributed by atoms with Crippen molar-refractivity contribution in [2.45, 2.75) is 25.8 Å². The first-order chi connectivity index (χ1) is 9.19. The summed E-state index contributed by atoms with van der Waals surface area (Å²) in [6, 6.07) is 0. The Morgan fingerprint density at radius 2 is 2.42 bits per heavy atom. The highest BCUT2D eigenvalue weighted by Gasteiger charge is 2.44. The Balaban J connectivity index is 2.30. The molecule has 1 aliphatic heterocycles. The standard InChI is InChI=1S/C13H21N3O2S/c1-3-18-12(17)13(2,11-15-7-10-19-11)16-8-4-5-14-6-9-16/h7,10,14H,3-6,8-9H2,1-2H3. The van der Waals surface area contributed by atoms with E-state index in [9.17, 15) is 4.79 Å². The average Bonchev–Trinajstić information content (AvgIpc) is 2.81. The molecule has 0 radical (unpaired) electrons. The van der Waals surface area contributed by atoms with Gasteiger partial charge in [-0.25, -0.2) is 9.78 Å². The number of esters is 1. The summed E-state index contributed by atoms with van der Waals surface area (Å²) in [5, 5.41) is 6.07. The van der Waals surface area contributed by atoms with Crippen molar-refractivity contribution in [3.63, 3.8) is 0 Å². The van der Waals surface area contributed by atoms with E-state index in [1.165, 1.54) is 11.3 Å². The van der Waals surface area contributed by atoms with Crippen LogP contribution in [0.15, 0.2) is 11.6 Å². The second kappa shape index (κ2) is 6.45. The molecule has 0 aliphatic carbocycles. The summed E-state index contributed by atoms with van der Waals surface area (Å²) in [6.45, 7) is 7.75. The highest BCUT2D eigenvalue weighted by molar-refractivity contribution is 7.09. The lowest BCUT2D eigenvalue weighted by atomic mass is 10.0. The van der Waals surface area contributed by atoms with E-state index in [1.807, 2.05) is 19.2 Å². The van der Waals surface area contributed by atoms with Crippen LogP contribution in [0.5, 0.6) is 0 Å². The van der Waals surface area contributed by atoms with Gasteiger partial charge in [0.15, 0.2) is 5.54 Å². The molecular weight excluding hydrogens is 262 g/mol. The van der Waals surface area contributed by atoms with Crippen LogP contribution in [0.4, 0.5) is 0 Å². The van der Waals surface area contributed by atoms with Gasteiger partial charge in [0, 0.05) is 31.2 Å². The number of ether oxygens (including phenoxy) is 1. The van der Waals surface area contributed by atoms with Crippen molar-refractivity contribution in [3.05, 3.63) is 16.6 Å². The summed E-state index contributed by atoms with van der Waals surface area (Å²) < 4.78 is 5.29. The molecule has 19 heavy (non-hydrogen) atoms. The third-order valence-corrected chi connectivity index (χ3v) is 4.48. The van der Waals surface area contributed by atoms with Gasteiger partial charge in [0.25, 0.3) is 0 Å². The first kappa shape index (κ1) is 14.4. The van der Waals surface area contributed by atoms with Gasteiger partial charge in [0.1, 0.15) is 5.01 Å². The first-order valence-corrected chi connectivity index (χ1v) is 7.60. The van der Waals surface area contributed by atoms with Crippen LogP contribution in [0.25, 0.3) is 0 Å². The Kier molecular flexibility index (Phi) is 4.90. The van der Waals surface area contributed by atoms with E-state index in [4.69, 9.17) is 4.74 Å². The number of rotatable bonds is 4. The average molecular weight is 283 g/mol. The molecule has 2 rings (SSSR count). The number of carbonyl (C=O) groups is 1. The zero-order valence-corrected chi connectivity index (χ0v) is 12.3. The Morgan fingerprint density at radius 3 is 3.11 bits per heavy atom. The van der Waals surface area contributed by atoms with Gasteiger partial charge in [-0.15, -0.1) is 11.3 Å². The monoisotopic (exact) mass is 283 g/mol. The summed E-state index contributed by atoms with van der Waals surface area (Å²) in [6.07, 6.45) is 2.77. The number of aromatic nitrogens is 1. The van der Waals surface area contributed by atoms with Gasteiger partial charge in [-0.3, -0.25) is 4.90 Å². The number of hydrogen-bond donors (Lipinski definition) is 1. The van der Waals surface area contributed by atoms with E-state index < -0.39 is 5.54 Å².